The van der Waals surface area contributed by atoms with E-state index in [0.29, 0.717) is 12.2 Å². The molecular formula is C20H20N2O2S. The largest absolute Gasteiger partial charge is 0.487 e. The van der Waals surface area contributed by atoms with Crippen molar-refractivity contribution >= 4 is 17.2 Å². The number of aromatic nitrogens is 1. The molecule has 1 heterocycles. The number of carbonyl (C=O) groups excluding carboxylic acids is 1. The second kappa shape index (κ2) is 7.94. The predicted octanol–water partition coefficient (Wildman–Crippen LogP) is 4.52. The molecule has 0 saturated heterocycles. The summed E-state index contributed by atoms with van der Waals surface area (Å²) in [5.41, 5.74) is 5.59. The van der Waals surface area contributed by atoms with Gasteiger partial charge in [0.15, 0.2) is 0 Å². The second-order valence-electron chi connectivity index (χ2n) is 5.84. The minimum Gasteiger partial charge on any atom is -0.487 e. The van der Waals surface area contributed by atoms with Crippen LogP contribution in [0.3, 0.4) is 0 Å². The molecule has 1 atom stereocenters. The maximum absolute atomic E-state index is 12.4. The zero-order chi connectivity index (χ0) is 17.6. The van der Waals surface area contributed by atoms with Crippen LogP contribution in [0.25, 0.3) is 0 Å². The van der Waals surface area contributed by atoms with Crippen LogP contribution in [0.2, 0.25) is 0 Å². The van der Waals surface area contributed by atoms with Crippen molar-refractivity contribution in [1.82, 2.24) is 10.3 Å². The average Bonchev–Trinajstić information content (AvgIpc) is 3.14. The van der Waals surface area contributed by atoms with Crippen LogP contribution >= 0.6 is 11.3 Å². The van der Waals surface area contributed by atoms with Crippen molar-refractivity contribution in [1.29, 1.82) is 0 Å². The normalized spacial score (nSPS) is 11.8. The van der Waals surface area contributed by atoms with Crippen molar-refractivity contribution in [3.05, 3.63) is 81.8 Å². The zero-order valence-electron chi connectivity index (χ0n) is 14.2. The van der Waals surface area contributed by atoms with Gasteiger partial charge >= 0.3 is 0 Å². The van der Waals surface area contributed by atoms with Crippen molar-refractivity contribution in [3.63, 3.8) is 0 Å². The molecule has 5 heteroatoms. The highest BCUT2D eigenvalue weighted by Gasteiger charge is 2.13. The number of hydrogen-bond donors (Lipinski definition) is 1. The van der Waals surface area contributed by atoms with Crippen molar-refractivity contribution in [2.45, 2.75) is 26.5 Å². The Labute approximate surface area is 151 Å². The van der Waals surface area contributed by atoms with Crippen LogP contribution in [0.4, 0.5) is 0 Å². The molecule has 2 aromatic carbocycles. The van der Waals surface area contributed by atoms with Gasteiger partial charge in [-0.05, 0) is 49.2 Å². The van der Waals surface area contributed by atoms with E-state index < -0.39 is 0 Å². The van der Waals surface area contributed by atoms with Gasteiger partial charge < -0.3 is 10.1 Å². The van der Waals surface area contributed by atoms with Gasteiger partial charge in [-0.15, -0.1) is 11.3 Å². The summed E-state index contributed by atoms with van der Waals surface area (Å²) in [6, 6.07) is 15.2. The Morgan fingerprint density at radius 3 is 2.64 bits per heavy atom. The summed E-state index contributed by atoms with van der Waals surface area (Å²) in [7, 11) is 0. The molecular weight excluding hydrogens is 332 g/mol. The molecule has 1 amide bonds. The molecule has 0 saturated carbocycles. The van der Waals surface area contributed by atoms with Crippen LogP contribution in [0.5, 0.6) is 5.75 Å². The molecule has 0 aliphatic rings. The van der Waals surface area contributed by atoms with Crippen molar-refractivity contribution < 1.29 is 9.53 Å². The lowest BCUT2D eigenvalue weighted by Crippen LogP contribution is -2.27. The molecule has 1 N–H and O–H groups in total. The number of nitrogens with one attached hydrogen (secondary N) is 1. The topological polar surface area (TPSA) is 51.2 Å². The second-order valence-corrected chi connectivity index (χ2v) is 6.56. The third-order valence-electron chi connectivity index (χ3n) is 3.99. The van der Waals surface area contributed by atoms with Crippen molar-refractivity contribution in [3.8, 4) is 5.75 Å². The third-order valence-corrected chi connectivity index (χ3v) is 4.62. The number of nitrogens with zero attached hydrogens (tertiary/aromatic N) is 1. The van der Waals surface area contributed by atoms with Crippen LogP contribution in [-0.2, 0) is 6.61 Å². The fraction of sp³-hybridized carbons (Fsp3) is 0.200. The molecule has 0 spiro atoms. The summed E-state index contributed by atoms with van der Waals surface area (Å²) in [5, 5.41) is 4.99. The van der Waals surface area contributed by atoms with Gasteiger partial charge in [0.25, 0.3) is 5.91 Å². The van der Waals surface area contributed by atoms with Gasteiger partial charge in [-0.3, -0.25) is 4.79 Å². The fourth-order valence-electron chi connectivity index (χ4n) is 2.60. The Hall–Kier alpha value is -2.66. The van der Waals surface area contributed by atoms with Gasteiger partial charge in [-0.1, -0.05) is 24.3 Å². The van der Waals surface area contributed by atoms with Crippen LogP contribution in [-0.4, -0.2) is 10.9 Å². The number of carbonyl (C=O) groups is 1. The van der Waals surface area contributed by atoms with Gasteiger partial charge in [0, 0.05) is 10.9 Å². The van der Waals surface area contributed by atoms with Gasteiger partial charge in [0.05, 0.1) is 17.2 Å². The summed E-state index contributed by atoms with van der Waals surface area (Å²) < 4.78 is 5.66. The smallest absolute Gasteiger partial charge is 0.251 e. The Kier molecular flexibility index (Phi) is 5.46. The molecule has 0 radical (unpaired) electrons. The quantitative estimate of drug-likeness (QED) is 0.709. The number of hydrogen-bond acceptors (Lipinski definition) is 4. The van der Waals surface area contributed by atoms with Crippen LogP contribution in [0.15, 0.2) is 59.4 Å². The molecule has 25 heavy (non-hydrogen) atoms. The van der Waals surface area contributed by atoms with Gasteiger partial charge in [-0.25, -0.2) is 4.98 Å². The Morgan fingerprint density at radius 2 is 1.96 bits per heavy atom. The molecule has 0 fully saturated rings. The first-order valence-electron chi connectivity index (χ1n) is 8.10. The van der Waals surface area contributed by atoms with Crippen LogP contribution in [0, 0.1) is 6.92 Å². The molecule has 4 nitrogen and oxygen atoms in total. The minimum absolute atomic E-state index is 0.0470. The standard InChI is InChI=1S/C20H20N2O2S/c1-14-5-3-4-6-19(14)15(2)22-20(23)16-7-9-18(10-8-16)24-11-17-12-25-13-21-17/h3-10,12-13,15H,11H2,1-2H3,(H,22,23). The number of benzene rings is 2. The zero-order valence-corrected chi connectivity index (χ0v) is 15.0. The van der Waals surface area contributed by atoms with E-state index in [9.17, 15) is 4.79 Å². The summed E-state index contributed by atoms with van der Waals surface area (Å²) in [5.74, 6) is 0.623. The van der Waals surface area contributed by atoms with E-state index in [1.165, 1.54) is 5.56 Å². The summed E-state index contributed by atoms with van der Waals surface area (Å²) >= 11 is 1.54. The van der Waals surface area contributed by atoms with Crippen molar-refractivity contribution in [2.75, 3.05) is 0 Å². The van der Waals surface area contributed by atoms with Crippen LogP contribution < -0.4 is 10.1 Å². The minimum atomic E-state index is -0.0956. The lowest BCUT2D eigenvalue weighted by atomic mass is 10.0. The van der Waals surface area contributed by atoms with Gasteiger partial charge in [0.2, 0.25) is 0 Å². The van der Waals surface area contributed by atoms with E-state index in [1.807, 2.05) is 43.5 Å². The first-order chi connectivity index (χ1) is 12.1. The maximum Gasteiger partial charge on any atom is 0.251 e. The number of ether oxygens (including phenoxy) is 1. The Bertz CT molecular complexity index is 829. The van der Waals surface area contributed by atoms with E-state index in [0.717, 1.165) is 17.0 Å². The molecule has 0 aliphatic heterocycles. The molecule has 3 rings (SSSR count). The fourth-order valence-corrected chi connectivity index (χ4v) is 3.14. The highest BCUT2D eigenvalue weighted by Crippen LogP contribution is 2.18. The SMILES string of the molecule is Cc1ccccc1C(C)NC(=O)c1ccc(OCc2cscn2)cc1. The first-order valence-corrected chi connectivity index (χ1v) is 9.04. The monoisotopic (exact) mass is 352 g/mol. The van der Waals surface area contributed by atoms with E-state index in [-0.39, 0.29) is 11.9 Å². The lowest BCUT2D eigenvalue weighted by molar-refractivity contribution is 0.0940. The lowest BCUT2D eigenvalue weighted by Gasteiger charge is -2.16. The summed E-state index contributed by atoms with van der Waals surface area (Å²) in [4.78, 5) is 16.6. The van der Waals surface area contributed by atoms with E-state index >= 15 is 0 Å². The molecule has 128 valence electrons. The summed E-state index contributed by atoms with van der Waals surface area (Å²) in [6.07, 6.45) is 0. The van der Waals surface area contributed by atoms with Crippen molar-refractivity contribution in [2.24, 2.45) is 0 Å². The molecule has 3 aromatic rings. The molecule has 0 bridgehead atoms. The van der Waals surface area contributed by atoms with E-state index in [2.05, 4.69) is 10.3 Å². The third kappa shape index (κ3) is 4.45. The van der Waals surface area contributed by atoms with E-state index in [1.54, 1.807) is 41.1 Å². The molecule has 1 aromatic heterocycles. The maximum atomic E-state index is 12.4. The highest BCUT2D eigenvalue weighted by atomic mass is 32.1. The number of rotatable bonds is 6. The van der Waals surface area contributed by atoms with Gasteiger partial charge in [-0.2, -0.15) is 0 Å². The van der Waals surface area contributed by atoms with Crippen LogP contribution in [0.1, 0.15) is 40.1 Å². The van der Waals surface area contributed by atoms with Gasteiger partial charge in [0.1, 0.15) is 12.4 Å². The number of amides is 1. The predicted molar refractivity (Wildman–Crippen MR) is 99.9 cm³/mol. The average molecular weight is 352 g/mol. The number of aryl methyl sites for hydroxylation is 1. The molecule has 1 unspecified atom stereocenters. The molecule has 0 aliphatic carbocycles. The number of thiazole rings is 1. The van der Waals surface area contributed by atoms with E-state index in [4.69, 9.17) is 4.74 Å². The Morgan fingerprint density at radius 1 is 1.20 bits per heavy atom. The Balaban J connectivity index is 1.59. The summed E-state index contributed by atoms with van der Waals surface area (Å²) in [6.45, 7) is 4.47. The first kappa shape index (κ1) is 17.2. The highest BCUT2D eigenvalue weighted by molar-refractivity contribution is 7.07.